The predicted octanol–water partition coefficient (Wildman–Crippen LogP) is 2.06. The summed E-state index contributed by atoms with van der Waals surface area (Å²) in [7, 11) is 0. The van der Waals surface area contributed by atoms with E-state index in [9.17, 15) is 4.79 Å². The summed E-state index contributed by atoms with van der Waals surface area (Å²) < 4.78 is 5.97. The molecule has 1 aromatic carbocycles. The van der Waals surface area contributed by atoms with Gasteiger partial charge in [-0.05, 0) is 50.2 Å². The van der Waals surface area contributed by atoms with Crippen LogP contribution in [0.3, 0.4) is 0 Å². The molecule has 2 aliphatic rings. The first-order chi connectivity index (χ1) is 10.5. The molecule has 2 aliphatic heterocycles. The smallest absolute Gasteiger partial charge is 0.259 e. The number of likely N-dealkylation sites (tertiary alicyclic amines) is 1. The number of benzene rings is 1. The molecule has 0 aromatic heterocycles. The third kappa shape index (κ3) is 2.66. The molecule has 1 fully saturated rings. The Morgan fingerprint density at radius 2 is 2.05 bits per heavy atom. The zero-order valence-electron chi connectivity index (χ0n) is 13.5. The molecule has 2 N–H and O–H groups in total. The van der Waals surface area contributed by atoms with E-state index in [2.05, 4.69) is 13.0 Å². The first-order valence-electron chi connectivity index (χ1n) is 8.29. The van der Waals surface area contributed by atoms with Gasteiger partial charge in [0.1, 0.15) is 0 Å². The van der Waals surface area contributed by atoms with Crippen LogP contribution in [-0.2, 0) is 21.6 Å². The Balaban J connectivity index is 1.78. The van der Waals surface area contributed by atoms with Gasteiger partial charge in [0.15, 0.2) is 5.60 Å². The molecule has 0 bridgehead atoms. The molecular formula is C18H26N2O2. The number of piperidine rings is 1. The van der Waals surface area contributed by atoms with Gasteiger partial charge < -0.3 is 15.4 Å². The molecule has 22 heavy (non-hydrogen) atoms. The summed E-state index contributed by atoms with van der Waals surface area (Å²) in [6.07, 6.45) is 2.86. The standard InChI is InChI=1S/C18H26N2O2/c1-13(19)14-7-10-20(11-8-14)17(21)18(2)16-6-4-3-5-15(16)9-12-22-18/h3-6,13-14H,7-12,19H2,1-2H3. The topological polar surface area (TPSA) is 55.6 Å². The number of hydrogen-bond acceptors (Lipinski definition) is 3. The van der Waals surface area contributed by atoms with Gasteiger partial charge in [-0.3, -0.25) is 4.79 Å². The third-order valence-corrected chi connectivity index (χ3v) is 5.27. The van der Waals surface area contributed by atoms with Crippen molar-refractivity contribution in [2.45, 2.75) is 44.8 Å². The van der Waals surface area contributed by atoms with Crippen molar-refractivity contribution in [3.05, 3.63) is 35.4 Å². The maximum Gasteiger partial charge on any atom is 0.259 e. The van der Waals surface area contributed by atoms with Crippen LogP contribution in [0.25, 0.3) is 0 Å². The van der Waals surface area contributed by atoms with Crippen LogP contribution in [0, 0.1) is 5.92 Å². The lowest BCUT2D eigenvalue weighted by Crippen LogP contribution is -2.52. The molecule has 120 valence electrons. The van der Waals surface area contributed by atoms with E-state index in [4.69, 9.17) is 10.5 Å². The zero-order valence-corrected chi connectivity index (χ0v) is 13.5. The van der Waals surface area contributed by atoms with Gasteiger partial charge in [0, 0.05) is 19.1 Å². The van der Waals surface area contributed by atoms with Crippen molar-refractivity contribution in [3.8, 4) is 0 Å². The van der Waals surface area contributed by atoms with Gasteiger partial charge in [0.05, 0.1) is 6.61 Å². The van der Waals surface area contributed by atoms with E-state index in [-0.39, 0.29) is 11.9 Å². The number of amides is 1. The number of rotatable bonds is 2. The fraction of sp³-hybridized carbons (Fsp3) is 0.611. The summed E-state index contributed by atoms with van der Waals surface area (Å²) in [4.78, 5) is 15.0. The van der Waals surface area contributed by atoms with Crippen LogP contribution in [0.2, 0.25) is 0 Å². The van der Waals surface area contributed by atoms with Gasteiger partial charge in [0.2, 0.25) is 0 Å². The van der Waals surface area contributed by atoms with E-state index in [0.717, 1.165) is 37.9 Å². The van der Waals surface area contributed by atoms with E-state index in [1.165, 1.54) is 5.56 Å². The summed E-state index contributed by atoms with van der Waals surface area (Å²) in [5, 5.41) is 0. The minimum absolute atomic E-state index is 0.0998. The molecular weight excluding hydrogens is 276 g/mol. The summed E-state index contributed by atoms with van der Waals surface area (Å²) in [5.74, 6) is 0.624. The number of carbonyl (C=O) groups excluding carboxylic acids is 1. The Bertz CT molecular complexity index is 550. The monoisotopic (exact) mass is 302 g/mol. The Labute approximate surface area is 132 Å². The number of hydrogen-bond donors (Lipinski definition) is 1. The second-order valence-electron chi connectivity index (χ2n) is 6.78. The van der Waals surface area contributed by atoms with Crippen LogP contribution in [0.15, 0.2) is 24.3 Å². The maximum atomic E-state index is 13.1. The van der Waals surface area contributed by atoms with Crippen molar-refractivity contribution >= 4 is 5.91 Å². The molecule has 0 aliphatic carbocycles. The fourth-order valence-corrected chi connectivity index (χ4v) is 3.75. The van der Waals surface area contributed by atoms with Crippen molar-refractivity contribution in [2.24, 2.45) is 11.7 Å². The second kappa shape index (κ2) is 6.01. The number of ether oxygens (including phenoxy) is 1. The average molecular weight is 302 g/mol. The molecule has 2 heterocycles. The Kier molecular flexibility index (Phi) is 4.24. The number of nitrogens with zero attached hydrogens (tertiary/aromatic N) is 1. The lowest BCUT2D eigenvalue weighted by Gasteiger charge is -2.41. The minimum atomic E-state index is -0.837. The Hall–Kier alpha value is -1.39. The molecule has 0 saturated carbocycles. The second-order valence-corrected chi connectivity index (χ2v) is 6.78. The summed E-state index contributed by atoms with van der Waals surface area (Å²) >= 11 is 0. The Morgan fingerprint density at radius 1 is 1.36 bits per heavy atom. The van der Waals surface area contributed by atoms with Gasteiger partial charge in [-0.25, -0.2) is 0 Å². The average Bonchev–Trinajstić information content (AvgIpc) is 2.55. The molecule has 2 atom stereocenters. The van der Waals surface area contributed by atoms with E-state index < -0.39 is 5.60 Å². The lowest BCUT2D eigenvalue weighted by molar-refractivity contribution is -0.161. The van der Waals surface area contributed by atoms with Crippen molar-refractivity contribution < 1.29 is 9.53 Å². The Morgan fingerprint density at radius 3 is 2.73 bits per heavy atom. The van der Waals surface area contributed by atoms with Gasteiger partial charge in [-0.15, -0.1) is 0 Å². The fourth-order valence-electron chi connectivity index (χ4n) is 3.75. The summed E-state index contributed by atoms with van der Waals surface area (Å²) in [6.45, 7) is 6.16. The van der Waals surface area contributed by atoms with E-state index in [1.54, 1.807) is 0 Å². The van der Waals surface area contributed by atoms with Gasteiger partial charge >= 0.3 is 0 Å². The summed E-state index contributed by atoms with van der Waals surface area (Å²) in [5.41, 5.74) is 7.42. The molecule has 0 spiro atoms. The molecule has 4 nitrogen and oxygen atoms in total. The number of nitrogens with two attached hydrogens (primary N) is 1. The molecule has 1 aromatic rings. The summed E-state index contributed by atoms with van der Waals surface area (Å²) in [6, 6.07) is 8.36. The molecule has 1 amide bonds. The van der Waals surface area contributed by atoms with Crippen LogP contribution in [0.1, 0.15) is 37.8 Å². The molecule has 4 heteroatoms. The van der Waals surface area contributed by atoms with Crippen molar-refractivity contribution in [2.75, 3.05) is 19.7 Å². The minimum Gasteiger partial charge on any atom is -0.360 e. The highest BCUT2D eigenvalue weighted by Crippen LogP contribution is 2.35. The SMILES string of the molecule is CC(N)C1CCN(C(=O)C2(C)OCCc3ccccc32)CC1. The number of carbonyl (C=O) groups is 1. The van der Waals surface area contributed by atoms with Gasteiger partial charge in [-0.2, -0.15) is 0 Å². The normalized spacial score (nSPS) is 27.3. The highest BCUT2D eigenvalue weighted by molar-refractivity contribution is 5.87. The van der Waals surface area contributed by atoms with Crippen molar-refractivity contribution in [1.82, 2.24) is 4.90 Å². The first-order valence-corrected chi connectivity index (χ1v) is 8.29. The van der Waals surface area contributed by atoms with Gasteiger partial charge in [-0.1, -0.05) is 24.3 Å². The van der Waals surface area contributed by atoms with Crippen LogP contribution in [0.4, 0.5) is 0 Å². The highest BCUT2D eigenvalue weighted by atomic mass is 16.5. The van der Waals surface area contributed by atoms with E-state index >= 15 is 0 Å². The van der Waals surface area contributed by atoms with Crippen molar-refractivity contribution in [1.29, 1.82) is 0 Å². The molecule has 0 radical (unpaired) electrons. The van der Waals surface area contributed by atoms with Crippen molar-refractivity contribution in [3.63, 3.8) is 0 Å². The number of fused-ring (bicyclic) bond motifs is 1. The largest absolute Gasteiger partial charge is 0.360 e. The predicted molar refractivity (Wildman–Crippen MR) is 86.4 cm³/mol. The maximum absolute atomic E-state index is 13.1. The van der Waals surface area contributed by atoms with Crippen LogP contribution in [-0.4, -0.2) is 36.5 Å². The van der Waals surface area contributed by atoms with E-state index in [0.29, 0.717) is 12.5 Å². The van der Waals surface area contributed by atoms with Crippen LogP contribution >= 0.6 is 0 Å². The van der Waals surface area contributed by atoms with Gasteiger partial charge in [0.25, 0.3) is 5.91 Å². The molecule has 1 saturated heterocycles. The van der Waals surface area contributed by atoms with Crippen LogP contribution < -0.4 is 5.73 Å². The van der Waals surface area contributed by atoms with E-state index in [1.807, 2.05) is 30.0 Å². The highest BCUT2D eigenvalue weighted by Gasteiger charge is 2.43. The molecule has 2 unspecified atom stereocenters. The zero-order chi connectivity index (χ0) is 15.7. The van der Waals surface area contributed by atoms with Crippen LogP contribution in [0.5, 0.6) is 0 Å². The third-order valence-electron chi connectivity index (χ3n) is 5.27. The lowest BCUT2D eigenvalue weighted by atomic mass is 9.85. The molecule has 3 rings (SSSR count). The first kappa shape index (κ1) is 15.5. The quantitative estimate of drug-likeness (QED) is 0.910.